The van der Waals surface area contributed by atoms with Crippen LogP contribution in [-0.2, 0) is 17.8 Å². The highest BCUT2D eigenvalue weighted by atomic mass is 16.4. The number of carboxylic acids is 1. The molecule has 152 valence electrons. The van der Waals surface area contributed by atoms with E-state index in [9.17, 15) is 15.0 Å². The summed E-state index contributed by atoms with van der Waals surface area (Å²) in [6, 6.07) is 11.5. The highest BCUT2D eigenvalue weighted by Gasteiger charge is 2.49. The van der Waals surface area contributed by atoms with Crippen molar-refractivity contribution in [3.8, 4) is 0 Å². The van der Waals surface area contributed by atoms with Gasteiger partial charge in [-0.15, -0.1) is 0 Å². The van der Waals surface area contributed by atoms with Crippen molar-refractivity contribution in [3.63, 3.8) is 0 Å². The quantitative estimate of drug-likeness (QED) is 0.690. The third-order valence-electron chi connectivity index (χ3n) is 5.90. The number of hydrogen-bond donors (Lipinski definition) is 2. The fourth-order valence-corrected chi connectivity index (χ4v) is 4.39. The Morgan fingerprint density at radius 3 is 2.76 bits per heavy atom. The zero-order valence-electron chi connectivity index (χ0n) is 16.7. The van der Waals surface area contributed by atoms with Crippen LogP contribution in [0.3, 0.4) is 0 Å². The molecule has 3 heterocycles. The summed E-state index contributed by atoms with van der Waals surface area (Å²) in [4.78, 5) is 19.0. The lowest BCUT2D eigenvalue weighted by molar-refractivity contribution is -0.163. The van der Waals surface area contributed by atoms with Crippen LogP contribution in [0.4, 0.5) is 0 Å². The molecule has 1 saturated heterocycles. The SMILES string of the molecule is Cc1cc(C)n2ncc(CN3CC[C@H](O)[C@](Cc4ccccc4)(C(=O)O)C3)c2n1. The molecule has 0 aliphatic carbocycles. The Kier molecular flexibility index (Phi) is 5.10. The van der Waals surface area contributed by atoms with Crippen LogP contribution in [0.5, 0.6) is 0 Å². The van der Waals surface area contributed by atoms with Gasteiger partial charge in [-0.25, -0.2) is 9.50 Å². The Balaban J connectivity index is 1.62. The van der Waals surface area contributed by atoms with E-state index >= 15 is 0 Å². The minimum atomic E-state index is -1.23. The number of fused-ring (bicyclic) bond motifs is 1. The number of carboxylic acid groups (broad SMARTS) is 1. The molecule has 29 heavy (non-hydrogen) atoms. The number of likely N-dealkylation sites (tertiary alicyclic amines) is 1. The maximum atomic E-state index is 12.3. The summed E-state index contributed by atoms with van der Waals surface area (Å²) in [6.45, 7) is 5.41. The van der Waals surface area contributed by atoms with E-state index in [-0.39, 0.29) is 6.54 Å². The maximum absolute atomic E-state index is 12.3. The molecule has 0 spiro atoms. The van der Waals surface area contributed by atoms with E-state index in [0.29, 0.717) is 25.9 Å². The Morgan fingerprint density at radius 1 is 1.28 bits per heavy atom. The van der Waals surface area contributed by atoms with E-state index in [0.717, 1.165) is 28.2 Å². The number of aliphatic hydroxyl groups is 1. The number of benzene rings is 1. The van der Waals surface area contributed by atoms with Gasteiger partial charge in [0.15, 0.2) is 5.65 Å². The summed E-state index contributed by atoms with van der Waals surface area (Å²) in [5, 5.41) is 25.2. The predicted octanol–water partition coefficient (Wildman–Crippen LogP) is 2.23. The topological polar surface area (TPSA) is 91.0 Å². The van der Waals surface area contributed by atoms with Crippen LogP contribution >= 0.6 is 0 Å². The molecule has 0 amide bonds. The second-order valence-corrected chi connectivity index (χ2v) is 8.08. The molecular formula is C22H26N4O3. The molecule has 2 atom stereocenters. The standard InChI is InChI=1S/C22H26N4O3/c1-15-10-16(2)26-20(24-15)18(12-23-26)13-25-9-8-19(27)22(14-25,21(28)29)11-17-6-4-3-5-7-17/h3-7,10,12,19,27H,8-9,11,13-14H2,1-2H3,(H,28,29)/t19-,22+/m0/s1. The van der Waals surface area contributed by atoms with E-state index in [1.165, 1.54) is 0 Å². The van der Waals surface area contributed by atoms with Gasteiger partial charge in [0, 0.05) is 36.6 Å². The van der Waals surface area contributed by atoms with Crippen molar-refractivity contribution in [2.45, 2.75) is 39.3 Å². The normalized spacial score (nSPS) is 22.8. The maximum Gasteiger partial charge on any atom is 0.313 e. The number of piperidine rings is 1. The van der Waals surface area contributed by atoms with E-state index in [4.69, 9.17) is 0 Å². The molecular weight excluding hydrogens is 368 g/mol. The van der Waals surface area contributed by atoms with Crippen LogP contribution in [-0.4, -0.2) is 54.9 Å². The van der Waals surface area contributed by atoms with Crippen LogP contribution in [0, 0.1) is 19.3 Å². The van der Waals surface area contributed by atoms with Crippen molar-refractivity contribution in [1.29, 1.82) is 0 Å². The highest BCUT2D eigenvalue weighted by Crippen LogP contribution is 2.35. The van der Waals surface area contributed by atoms with Gasteiger partial charge in [0.1, 0.15) is 5.41 Å². The van der Waals surface area contributed by atoms with Crippen molar-refractivity contribution in [3.05, 3.63) is 65.1 Å². The van der Waals surface area contributed by atoms with Crippen molar-refractivity contribution in [2.75, 3.05) is 13.1 Å². The summed E-state index contributed by atoms with van der Waals surface area (Å²) in [6.07, 6.45) is 1.64. The predicted molar refractivity (Wildman–Crippen MR) is 109 cm³/mol. The molecule has 2 N–H and O–H groups in total. The largest absolute Gasteiger partial charge is 0.481 e. The second kappa shape index (κ2) is 7.57. The minimum Gasteiger partial charge on any atom is -0.481 e. The summed E-state index contributed by atoms with van der Waals surface area (Å²) < 4.78 is 1.82. The number of aliphatic carboxylic acids is 1. The highest BCUT2D eigenvalue weighted by molar-refractivity contribution is 5.76. The zero-order valence-corrected chi connectivity index (χ0v) is 16.7. The first-order valence-corrected chi connectivity index (χ1v) is 9.88. The van der Waals surface area contributed by atoms with Gasteiger partial charge in [-0.3, -0.25) is 9.69 Å². The summed E-state index contributed by atoms with van der Waals surface area (Å²) >= 11 is 0. The number of aryl methyl sites for hydroxylation is 2. The Labute approximate surface area is 169 Å². The fraction of sp³-hybridized carbons (Fsp3) is 0.409. The first-order valence-electron chi connectivity index (χ1n) is 9.88. The van der Waals surface area contributed by atoms with Crippen LogP contribution in [0.25, 0.3) is 5.65 Å². The molecule has 4 rings (SSSR count). The Hall–Kier alpha value is -2.77. The smallest absolute Gasteiger partial charge is 0.313 e. The number of rotatable bonds is 5. The number of nitrogens with zero attached hydrogens (tertiary/aromatic N) is 4. The molecule has 1 fully saturated rings. The third kappa shape index (κ3) is 3.63. The number of carbonyl (C=O) groups is 1. The van der Waals surface area contributed by atoms with Gasteiger partial charge in [0.2, 0.25) is 0 Å². The van der Waals surface area contributed by atoms with Crippen LogP contribution in [0.2, 0.25) is 0 Å². The molecule has 0 saturated carbocycles. The molecule has 1 aliphatic rings. The van der Waals surface area contributed by atoms with Gasteiger partial charge >= 0.3 is 5.97 Å². The van der Waals surface area contributed by atoms with Crippen LogP contribution in [0.15, 0.2) is 42.6 Å². The molecule has 7 nitrogen and oxygen atoms in total. The summed E-state index contributed by atoms with van der Waals surface area (Å²) in [5.74, 6) is -0.955. The van der Waals surface area contributed by atoms with E-state index < -0.39 is 17.5 Å². The molecule has 0 unspecified atom stereocenters. The van der Waals surface area contributed by atoms with Crippen LogP contribution in [0.1, 0.15) is 28.9 Å². The number of hydrogen-bond acceptors (Lipinski definition) is 5. The monoisotopic (exact) mass is 394 g/mol. The molecule has 1 aromatic carbocycles. The number of aromatic nitrogens is 3. The third-order valence-corrected chi connectivity index (χ3v) is 5.90. The van der Waals surface area contributed by atoms with Gasteiger partial charge in [0.25, 0.3) is 0 Å². The van der Waals surface area contributed by atoms with Gasteiger partial charge in [0.05, 0.1) is 12.3 Å². The van der Waals surface area contributed by atoms with Crippen molar-refractivity contribution < 1.29 is 15.0 Å². The zero-order chi connectivity index (χ0) is 20.6. The number of aliphatic hydroxyl groups excluding tert-OH is 1. The summed E-state index contributed by atoms with van der Waals surface area (Å²) in [5.41, 5.74) is 3.39. The Morgan fingerprint density at radius 2 is 2.03 bits per heavy atom. The fourth-order valence-electron chi connectivity index (χ4n) is 4.39. The average Bonchev–Trinajstić information content (AvgIpc) is 3.08. The van der Waals surface area contributed by atoms with Gasteiger partial charge in [-0.05, 0) is 38.3 Å². The molecule has 7 heteroatoms. The molecule has 1 aliphatic heterocycles. The first-order chi connectivity index (χ1) is 13.9. The second-order valence-electron chi connectivity index (χ2n) is 8.08. The summed E-state index contributed by atoms with van der Waals surface area (Å²) in [7, 11) is 0. The molecule has 0 radical (unpaired) electrons. The lowest BCUT2D eigenvalue weighted by Crippen LogP contribution is -2.56. The van der Waals surface area contributed by atoms with Gasteiger partial charge in [-0.1, -0.05) is 30.3 Å². The Bertz CT molecular complexity index is 1030. The average molecular weight is 394 g/mol. The molecule has 0 bridgehead atoms. The van der Waals surface area contributed by atoms with E-state index in [1.54, 1.807) is 6.20 Å². The molecule has 3 aromatic rings. The minimum absolute atomic E-state index is 0.278. The first kappa shape index (κ1) is 19.5. The van der Waals surface area contributed by atoms with Gasteiger partial charge < -0.3 is 10.2 Å². The van der Waals surface area contributed by atoms with Crippen molar-refractivity contribution in [1.82, 2.24) is 19.5 Å². The van der Waals surface area contributed by atoms with E-state index in [2.05, 4.69) is 15.0 Å². The van der Waals surface area contributed by atoms with Crippen molar-refractivity contribution >= 4 is 11.6 Å². The van der Waals surface area contributed by atoms with Gasteiger partial charge in [-0.2, -0.15) is 5.10 Å². The lowest BCUT2D eigenvalue weighted by Gasteiger charge is -2.43. The van der Waals surface area contributed by atoms with Crippen LogP contribution < -0.4 is 0 Å². The lowest BCUT2D eigenvalue weighted by atomic mass is 9.73. The van der Waals surface area contributed by atoms with E-state index in [1.807, 2.05) is 54.8 Å². The molecule has 2 aromatic heterocycles. The van der Waals surface area contributed by atoms with Crippen molar-refractivity contribution in [2.24, 2.45) is 5.41 Å².